The number of nitrogens with zero attached hydrogens (tertiary/aromatic N) is 1. The zero-order valence-electron chi connectivity index (χ0n) is 10.6. The maximum absolute atomic E-state index is 11.0. The molecule has 0 aromatic heterocycles. The fraction of sp³-hybridized carbons (Fsp3) is 0.0667. The maximum Gasteiger partial charge on any atom is 0.335 e. The van der Waals surface area contributed by atoms with Gasteiger partial charge < -0.3 is 9.84 Å². The number of carboxylic acid groups (broad SMARTS) is 1. The van der Waals surface area contributed by atoms with Gasteiger partial charge in [0.2, 0.25) is 0 Å². The summed E-state index contributed by atoms with van der Waals surface area (Å²) >= 11 is 2.06. The van der Waals surface area contributed by atoms with Crippen molar-refractivity contribution in [1.82, 2.24) is 0 Å². The van der Waals surface area contributed by atoms with Crippen molar-refractivity contribution in [2.24, 2.45) is 0 Å². The number of halogens is 1. The first-order chi connectivity index (χ1) is 9.51. The van der Waals surface area contributed by atoms with E-state index in [2.05, 4.69) is 28.7 Å². The molecule has 0 amide bonds. The van der Waals surface area contributed by atoms with E-state index in [1.54, 1.807) is 18.2 Å². The number of carbonyl (C=O) groups is 1. The topological polar surface area (TPSA) is 70.3 Å². The number of hydrogen-bond acceptors (Lipinski definition) is 3. The van der Waals surface area contributed by atoms with Crippen LogP contribution in [0.25, 0.3) is 0 Å². The minimum Gasteiger partial charge on any atom is -0.478 e. The Bertz CT molecular complexity index is 720. The van der Waals surface area contributed by atoms with Crippen LogP contribution in [0.2, 0.25) is 0 Å². The molecule has 0 atom stereocenters. The van der Waals surface area contributed by atoms with E-state index in [4.69, 9.17) is 15.1 Å². The smallest absolute Gasteiger partial charge is 0.335 e. The Morgan fingerprint density at radius 2 is 2.00 bits per heavy atom. The molecule has 0 heterocycles. The molecule has 0 aliphatic heterocycles. The third-order valence-electron chi connectivity index (χ3n) is 2.65. The third-order valence-corrected chi connectivity index (χ3v) is 3.54. The van der Waals surface area contributed by atoms with E-state index in [1.807, 2.05) is 13.0 Å². The molecule has 5 heteroatoms. The molecule has 0 spiro atoms. The van der Waals surface area contributed by atoms with Gasteiger partial charge in [-0.2, -0.15) is 5.26 Å². The normalized spacial score (nSPS) is 9.85. The highest BCUT2D eigenvalue weighted by Gasteiger charge is 2.11. The van der Waals surface area contributed by atoms with Gasteiger partial charge in [0.25, 0.3) is 0 Å². The predicted molar refractivity (Wildman–Crippen MR) is 82.1 cm³/mol. The highest BCUT2D eigenvalue weighted by atomic mass is 127. The van der Waals surface area contributed by atoms with E-state index < -0.39 is 5.97 Å². The monoisotopic (exact) mass is 379 g/mol. The standard InChI is InChI=1S/C15H10INO3/c1-9-2-5-13(11(6-9)8-17)20-14-7-10(15(18)19)3-4-12(14)16/h2-7H,1H3,(H,18,19). The lowest BCUT2D eigenvalue weighted by atomic mass is 10.1. The molecule has 0 saturated heterocycles. The second kappa shape index (κ2) is 5.92. The molecule has 2 rings (SSSR count). The van der Waals surface area contributed by atoms with E-state index >= 15 is 0 Å². The summed E-state index contributed by atoms with van der Waals surface area (Å²) in [5.74, 6) is -0.180. The molecule has 0 bridgehead atoms. The molecular formula is C15H10INO3. The summed E-state index contributed by atoms with van der Waals surface area (Å²) in [6.07, 6.45) is 0. The third kappa shape index (κ3) is 3.08. The highest BCUT2D eigenvalue weighted by Crippen LogP contribution is 2.30. The average molecular weight is 379 g/mol. The van der Waals surface area contributed by atoms with Crippen molar-refractivity contribution in [3.05, 3.63) is 56.7 Å². The lowest BCUT2D eigenvalue weighted by molar-refractivity contribution is 0.0696. The molecule has 0 saturated carbocycles. The molecule has 0 unspecified atom stereocenters. The van der Waals surface area contributed by atoms with E-state index in [0.29, 0.717) is 17.1 Å². The van der Waals surface area contributed by atoms with Crippen LogP contribution in [0.3, 0.4) is 0 Å². The van der Waals surface area contributed by atoms with Gasteiger partial charge in [-0.3, -0.25) is 0 Å². The number of aryl methyl sites for hydroxylation is 1. The van der Waals surface area contributed by atoms with Gasteiger partial charge >= 0.3 is 5.97 Å². The Kier molecular flexibility index (Phi) is 4.25. The molecule has 2 aromatic rings. The summed E-state index contributed by atoms with van der Waals surface area (Å²) in [5, 5.41) is 18.1. The molecule has 1 N–H and O–H groups in total. The summed E-state index contributed by atoms with van der Waals surface area (Å²) in [6.45, 7) is 1.89. The van der Waals surface area contributed by atoms with Crippen LogP contribution in [0.4, 0.5) is 0 Å². The van der Waals surface area contributed by atoms with Gasteiger partial charge in [-0.25, -0.2) is 4.79 Å². The van der Waals surface area contributed by atoms with Crippen LogP contribution in [-0.4, -0.2) is 11.1 Å². The van der Waals surface area contributed by atoms with Crippen LogP contribution < -0.4 is 4.74 Å². The van der Waals surface area contributed by atoms with Crippen molar-refractivity contribution < 1.29 is 14.6 Å². The molecule has 4 nitrogen and oxygen atoms in total. The Hall–Kier alpha value is -2.07. The molecule has 0 aliphatic carbocycles. The minimum absolute atomic E-state index is 0.144. The van der Waals surface area contributed by atoms with Gasteiger partial charge in [0.1, 0.15) is 17.6 Å². The fourth-order valence-electron chi connectivity index (χ4n) is 1.65. The predicted octanol–water partition coefficient (Wildman–Crippen LogP) is 3.96. The maximum atomic E-state index is 11.0. The van der Waals surface area contributed by atoms with E-state index in [0.717, 1.165) is 9.13 Å². The summed E-state index contributed by atoms with van der Waals surface area (Å²) in [5.41, 5.74) is 1.52. The van der Waals surface area contributed by atoms with Gasteiger partial charge in [0.15, 0.2) is 0 Å². The average Bonchev–Trinajstić information content (AvgIpc) is 2.42. The largest absolute Gasteiger partial charge is 0.478 e. The molecule has 0 fully saturated rings. The lowest BCUT2D eigenvalue weighted by Crippen LogP contribution is -1.98. The van der Waals surface area contributed by atoms with Crippen LogP contribution in [0.15, 0.2) is 36.4 Å². The SMILES string of the molecule is Cc1ccc(Oc2cc(C(=O)O)ccc2I)c(C#N)c1. The van der Waals surface area contributed by atoms with E-state index in [-0.39, 0.29) is 5.56 Å². The van der Waals surface area contributed by atoms with Crippen molar-refractivity contribution in [2.45, 2.75) is 6.92 Å². The minimum atomic E-state index is -1.02. The summed E-state index contributed by atoms with van der Waals surface area (Å²) in [7, 11) is 0. The molecule has 0 aliphatic rings. The van der Waals surface area contributed by atoms with Crippen LogP contribution in [-0.2, 0) is 0 Å². The van der Waals surface area contributed by atoms with Crippen molar-refractivity contribution in [3.63, 3.8) is 0 Å². The summed E-state index contributed by atoms with van der Waals surface area (Å²) in [4.78, 5) is 11.0. The molecule has 0 radical (unpaired) electrons. The molecular weight excluding hydrogens is 369 g/mol. The number of ether oxygens (including phenoxy) is 1. The zero-order chi connectivity index (χ0) is 14.7. The Morgan fingerprint density at radius 3 is 2.65 bits per heavy atom. The first-order valence-electron chi connectivity index (χ1n) is 5.72. The van der Waals surface area contributed by atoms with Gasteiger partial charge in [0, 0.05) is 0 Å². The Balaban J connectivity index is 2.42. The number of nitriles is 1. The van der Waals surface area contributed by atoms with Crippen molar-refractivity contribution in [3.8, 4) is 17.6 Å². The number of aromatic carboxylic acids is 1. The second-order valence-corrected chi connectivity index (χ2v) is 5.33. The summed E-state index contributed by atoms with van der Waals surface area (Å²) < 4.78 is 6.46. The van der Waals surface area contributed by atoms with Crippen LogP contribution in [0.5, 0.6) is 11.5 Å². The van der Waals surface area contributed by atoms with Crippen molar-refractivity contribution >= 4 is 28.6 Å². The second-order valence-electron chi connectivity index (χ2n) is 4.16. The lowest BCUT2D eigenvalue weighted by Gasteiger charge is -2.10. The number of benzene rings is 2. The first-order valence-corrected chi connectivity index (χ1v) is 6.80. The first kappa shape index (κ1) is 14.3. The van der Waals surface area contributed by atoms with Gasteiger partial charge in [-0.05, 0) is 65.4 Å². The van der Waals surface area contributed by atoms with Crippen LogP contribution in [0.1, 0.15) is 21.5 Å². The zero-order valence-corrected chi connectivity index (χ0v) is 12.7. The Labute approximate surface area is 129 Å². The van der Waals surface area contributed by atoms with Crippen molar-refractivity contribution in [1.29, 1.82) is 5.26 Å². The van der Waals surface area contributed by atoms with Crippen molar-refractivity contribution in [2.75, 3.05) is 0 Å². The summed E-state index contributed by atoms with van der Waals surface area (Å²) in [6, 6.07) is 12.0. The van der Waals surface area contributed by atoms with Crippen LogP contribution >= 0.6 is 22.6 Å². The quantitative estimate of drug-likeness (QED) is 0.820. The van der Waals surface area contributed by atoms with Gasteiger partial charge in [-0.15, -0.1) is 0 Å². The molecule has 20 heavy (non-hydrogen) atoms. The van der Waals surface area contributed by atoms with E-state index in [9.17, 15) is 4.79 Å². The van der Waals surface area contributed by atoms with Gasteiger partial charge in [-0.1, -0.05) is 6.07 Å². The highest BCUT2D eigenvalue weighted by molar-refractivity contribution is 14.1. The molecule has 2 aromatic carbocycles. The van der Waals surface area contributed by atoms with Crippen LogP contribution in [0, 0.1) is 21.8 Å². The fourth-order valence-corrected chi connectivity index (χ4v) is 2.10. The number of rotatable bonds is 3. The van der Waals surface area contributed by atoms with Gasteiger partial charge in [0.05, 0.1) is 14.7 Å². The number of hydrogen-bond donors (Lipinski definition) is 1. The van der Waals surface area contributed by atoms with E-state index in [1.165, 1.54) is 12.1 Å². The Morgan fingerprint density at radius 1 is 1.25 bits per heavy atom. The number of carboxylic acids is 1. The molecule has 100 valence electrons.